The molecular formula is C10H12BrN3. The molecule has 74 valence electrons. The highest BCUT2D eigenvalue weighted by Crippen LogP contribution is 2.15. The maximum Gasteiger partial charge on any atom is 0.169 e. The van der Waals surface area contributed by atoms with Crippen LogP contribution in [0.5, 0.6) is 0 Å². The fraction of sp³-hybridized carbons (Fsp3) is 0.400. The summed E-state index contributed by atoms with van der Waals surface area (Å²) < 4.78 is 2.75. The van der Waals surface area contributed by atoms with Crippen molar-refractivity contribution in [1.29, 1.82) is 0 Å². The number of fused-ring (bicyclic) bond motifs is 1. The predicted molar refractivity (Wildman–Crippen MR) is 59.2 cm³/mol. The van der Waals surface area contributed by atoms with Crippen LogP contribution in [0.25, 0.3) is 5.65 Å². The number of hydrogen-bond donors (Lipinski definition) is 0. The smallest absolute Gasteiger partial charge is 0.169 e. The minimum atomic E-state index is 0.647. The quantitative estimate of drug-likeness (QED) is 0.824. The van der Waals surface area contributed by atoms with Gasteiger partial charge in [0.1, 0.15) is 0 Å². The van der Waals surface area contributed by atoms with Gasteiger partial charge in [-0.25, -0.2) is 9.50 Å². The van der Waals surface area contributed by atoms with E-state index in [0.717, 1.165) is 16.5 Å². The molecule has 2 aromatic heterocycles. The molecule has 0 aliphatic carbocycles. The molecule has 14 heavy (non-hydrogen) atoms. The predicted octanol–water partition coefficient (Wildman–Crippen LogP) is 2.69. The molecule has 0 bridgehead atoms. The minimum Gasteiger partial charge on any atom is -0.236 e. The Balaban J connectivity index is 2.42. The fourth-order valence-electron chi connectivity index (χ4n) is 1.46. The molecule has 4 heteroatoms. The average Bonchev–Trinajstić information content (AvgIpc) is 2.46. The van der Waals surface area contributed by atoms with Crippen LogP contribution in [0.3, 0.4) is 0 Å². The third kappa shape index (κ3) is 1.80. The molecule has 0 aliphatic heterocycles. The molecule has 0 aliphatic rings. The number of halogens is 1. The van der Waals surface area contributed by atoms with Crippen LogP contribution in [0.4, 0.5) is 0 Å². The Morgan fingerprint density at radius 1 is 1.43 bits per heavy atom. The lowest BCUT2D eigenvalue weighted by Gasteiger charge is -2.04. The summed E-state index contributed by atoms with van der Waals surface area (Å²) in [6, 6.07) is 0. The first kappa shape index (κ1) is 9.65. The van der Waals surface area contributed by atoms with Crippen molar-refractivity contribution in [2.75, 3.05) is 0 Å². The minimum absolute atomic E-state index is 0.647. The van der Waals surface area contributed by atoms with E-state index in [9.17, 15) is 0 Å². The molecule has 3 nitrogen and oxygen atoms in total. The van der Waals surface area contributed by atoms with Crippen molar-refractivity contribution in [3.8, 4) is 0 Å². The van der Waals surface area contributed by atoms with Crippen LogP contribution in [0.2, 0.25) is 0 Å². The van der Waals surface area contributed by atoms with Crippen molar-refractivity contribution in [1.82, 2.24) is 14.6 Å². The first-order valence-corrected chi connectivity index (χ1v) is 5.44. The van der Waals surface area contributed by atoms with E-state index >= 15 is 0 Å². The maximum atomic E-state index is 4.35. The van der Waals surface area contributed by atoms with E-state index in [1.165, 1.54) is 5.56 Å². The molecule has 0 fully saturated rings. The molecule has 0 atom stereocenters. The van der Waals surface area contributed by atoms with E-state index in [4.69, 9.17) is 0 Å². The molecule has 0 aromatic carbocycles. The Hall–Kier alpha value is -0.900. The van der Waals surface area contributed by atoms with Crippen LogP contribution in [-0.2, 0) is 6.42 Å². The molecule has 0 spiro atoms. The highest BCUT2D eigenvalue weighted by molar-refractivity contribution is 9.10. The van der Waals surface area contributed by atoms with Gasteiger partial charge in [0.05, 0.1) is 10.7 Å². The van der Waals surface area contributed by atoms with Crippen LogP contribution < -0.4 is 0 Å². The van der Waals surface area contributed by atoms with Crippen molar-refractivity contribution < 1.29 is 0 Å². The van der Waals surface area contributed by atoms with Gasteiger partial charge in [0.15, 0.2) is 5.65 Å². The van der Waals surface area contributed by atoms with Crippen molar-refractivity contribution in [3.63, 3.8) is 0 Å². The summed E-state index contributed by atoms with van der Waals surface area (Å²) in [5.74, 6) is 0.647. The molecule has 0 unspecified atom stereocenters. The van der Waals surface area contributed by atoms with Gasteiger partial charge in [-0.3, -0.25) is 0 Å². The van der Waals surface area contributed by atoms with Gasteiger partial charge in [0.2, 0.25) is 0 Å². The first-order valence-electron chi connectivity index (χ1n) is 4.64. The molecule has 2 aromatic rings. The van der Waals surface area contributed by atoms with E-state index in [1.54, 1.807) is 6.20 Å². The summed E-state index contributed by atoms with van der Waals surface area (Å²) in [6.07, 6.45) is 6.76. The van der Waals surface area contributed by atoms with E-state index < -0.39 is 0 Å². The first-order chi connectivity index (χ1) is 6.66. The zero-order valence-corrected chi connectivity index (χ0v) is 9.82. The second-order valence-electron chi connectivity index (χ2n) is 3.82. The summed E-state index contributed by atoms with van der Waals surface area (Å²) in [4.78, 5) is 4.35. The van der Waals surface area contributed by atoms with Crippen molar-refractivity contribution >= 4 is 21.6 Å². The van der Waals surface area contributed by atoms with Gasteiger partial charge in [-0.2, -0.15) is 5.10 Å². The SMILES string of the molecule is CC(C)Cc1cnc2c(Br)cnn2c1. The van der Waals surface area contributed by atoms with E-state index in [2.05, 4.69) is 39.9 Å². The third-order valence-electron chi connectivity index (χ3n) is 2.01. The Bertz CT molecular complexity index is 448. The summed E-state index contributed by atoms with van der Waals surface area (Å²) >= 11 is 3.40. The normalized spacial score (nSPS) is 11.4. The zero-order valence-electron chi connectivity index (χ0n) is 8.24. The van der Waals surface area contributed by atoms with E-state index in [-0.39, 0.29) is 0 Å². The van der Waals surface area contributed by atoms with Gasteiger partial charge in [-0.05, 0) is 33.8 Å². The Morgan fingerprint density at radius 2 is 2.21 bits per heavy atom. The van der Waals surface area contributed by atoms with E-state index in [0.29, 0.717) is 5.92 Å². The molecule has 0 amide bonds. The monoisotopic (exact) mass is 253 g/mol. The van der Waals surface area contributed by atoms with Gasteiger partial charge in [0.25, 0.3) is 0 Å². The maximum absolute atomic E-state index is 4.35. The fourth-order valence-corrected chi connectivity index (χ4v) is 1.84. The lowest BCUT2D eigenvalue weighted by molar-refractivity contribution is 0.641. The topological polar surface area (TPSA) is 30.2 Å². The number of hydrogen-bond acceptors (Lipinski definition) is 2. The lowest BCUT2D eigenvalue weighted by atomic mass is 10.1. The molecule has 0 radical (unpaired) electrons. The second-order valence-corrected chi connectivity index (χ2v) is 4.68. The molecule has 2 rings (SSSR count). The van der Waals surface area contributed by atoms with Crippen LogP contribution in [0.1, 0.15) is 19.4 Å². The summed E-state index contributed by atoms with van der Waals surface area (Å²) in [5, 5.41) is 4.19. The molecule has 2 heterocycles. The van der Waals surface area contributed by atoms with Crippen molar-refractivity contribution in [2.45, 2.75) is 20.3 Å². The summed E-state index contributed by atoms with van der Waals surface area (Å²) in [7, 11) is 0. The second kappa shape index (κ2) is 3.69. The summed E-state index contributed by atoms with van der Waals surface area (Å²) in [5.41, 5.74) is 2.10. The van der Waals surface area contributed by atoms with Crippen molar-refractivity contribution in [3.05, 3.63) is 28.6 Å². The standard InChI is InChI=1S/C10H12BrN3/c1-7(2)3-8-4-12-10-9(11)5-13-14(10)6-8/h4-7H,3H2,1-2H3. The molecular weight excluding hydrogens is 242 g/mol. The van der Waals surface area contributed by atoms with Gasteiger partial charge < -0.3 is 0 Å². The number of nitrogens with zero attached hydrogens (tertiary/aromatic N) is 3. The highest BCUT2D eigenvalue weighted by Gasteiger charge is 2.04. The van der Waals surface area contributed by atoms with Crippen LogP contribution in [-0.4, -0.2) is 14.6 Å². The van der Waals surface area contributed by atoms with Crippen LogP contribution in [0.15, 0.2) is 23.1 Å². The van der Waals surface area contributed by atoms with Crippen LogP contribution in [0, 0.1) is 5.92 Å². The average molecular weight is 254 g/mol. The van der Waals surface area contributed by atoms with Gasteiger partial charge >= 0.3 is 0 Å². The van der Waals surface area contributed by atoms with E-state index in [1.807, 2.05) is 16.9 Å². The van der Waals surface area contributed by atoms with Gasteiger partial charge in [-0.1, -0.05) is 13.8 Å². The number of rotatable bonds is 2. The zero-order chi connectivity index (χ0) is 10.1. The molecule has 0 saturated carbocycles. The Kier molecular flexibility index (Phi) is 2.54. The molecule has 0 saturated heterocycles. The largest absolute Gasteiger partial charge is 0.236 e. The third-order valence-corrected chi connectivity index (χ3v) is 2.57. The van der Waals surface area contributed by atoms with Crippen LogP contribution >= 0.6 is 15.9 Å². The number of aromatic nitrogens is 3. The Labute approximate surface area is 91.3 Å². The van der Waals surface area contributed by atoms with Gasteiger partial charge in [0, 0.05) is 12.4 Å². The lowest BCUT2D eigenvalue weighted by Crippen LogP contribution is -1.98. The van der Waals surface area contributed by atoms with Gasteiger partial charge in [-0.15, -0.1) is 0 Å². The van der Waals surface area contributed by atoms with Crippen molar-refractivity contribution in [2.24, 2.45) is 5.92 Å². The Morgan fingerprint density at radius 3 is 2.93 bits per heavy atom. The summed E-state index contributed by atoms with van der Waals surface area (Å²) in [6.45, 7) is 4.40. The molecule has 0 N–H and O–H groups in total. The highest BCUT2D eigenvalue weighted by atomic mass is 79.9.